The second kappa shape index (κ2) is 3.74. The van der Waals surface area contributed by atoms with E-state index < -0.39 is 17.0 Å². The van der Waals surface area contributed by atoms with E-state index in [1.165, 1.54) is 22.4 Å². The average Bonchev–Trinajstić information content (AvgIpc) is 2.50. The minimum Gasteiger partial charge on any atom is -0.478 e. The lowest BCUT2D eigenvalue weighted by Crippen LogP contribution is -2.12. The van der Waals surface area contributed by atoms with Gasteiger partial charge in [0.15, 0.2) is 0 Å². The lowest BCUT2D eigenvalue weighted by atomic mass is 10.4. The van der Waals surface area contributed by atoms with Crippen LogP contribution in [0, 0.1) is 0 Å². The topological polar surface area (TPSA) is 59.3 Å². The van der Waals surface area contributed by atoms with Crippen LogP contribution in [0.5, 0.6) is 0 Å². The zero-order valence-electron chi connectivity index (χ0n) is 7.43. The molecule has 0 spiro atoms. The highest BCUT2D eigenvalue weighted by molar-refractivity contribution is 7.84. The Balaban J connectivity index is 2.92. The first-order valence-corrected chi connectivity index (χ1v) is 5.01. The van der Waals surface area contributed by atoms with Crippen LogP contribution in [0.1, 0.15) is 24.2 Å². The molecular weight excluding hydrogens is 190 g/mol. The monoisotopic (exact) mass is 201 g/mol. The SMILES string of the molecule is CC(C)S(=O)n1ccc(C(=O)O)c1. The van der Waals surface area contributed by atoms with Crippen LogP contribution in [0.3, 0.4) is 0 Å². The molecule has 0 amide bonds. The summed E-state index contributed by atoms with van der Waals surface area (Å²) in [6.07, 6.45) is 2.89. The standard InChI is InChI=1S/C8H11NO3S/c1-6(2)13(12)9-4-3-7(5-9)8(10)11/h3-6H,1-2H3,(H,10,11). The van der Waals surface area contributed by atoms with Gasteiger partial charge in [-0.15, -0.1) is 0 Å². The molecular formula is C8H11NO3S. The molecule has 0 aliphatic carbocycles. The highest BCUT2D eigenvalue weighted by atomic mass is 32.2. The smallest absolute Gasteiger partial charge is 0.337 e. The Morgan fingerprint density at radius 2 is 2.23 bits per heavy atom. The molecule has 13 heavy (non-hydrogen) atoms. The molecule has 1 aromatic heterocycles. The van der Waals surface area contributed by atoms with Crippen molar-refractivity contribution in [2.45, 2.75) is 19.1 Å². The summed E-state index contributed by atoms with van der Waals surface area (Å²) in [6, 6.07) is 1.43. The largest absolute Gasteiger partial charge is 0.478 e. The maximum Gasteiger partial charge on any atom is 0.337 e. The summed E-state index contributed by atoms with van der Waals surface area (Å²) < 4.78 is 12.9. The van der Waals surface area contributed by atoms with Crippen molar-refractivity contribution in [1.29, 1.82) is 0 Å². The Kier molecular flexibility index (Phi) is 2.87. The van der Waals surface area contributed by atoms with Crippen LogP contribution in [0.2, 0.25) is 0 Å². The van der Waals surface area contributed by atoms with E-state index in [4.69, 9.17) is 5.11 Å². The van der Waals surface area contributed by atoms with E-state index in [0.717, 1.165) is 0 Å². The van der Waals surface area contributed by atoms with Gasteiger partial charge in [0.05, 0.1) is 5.56 Å². The maximum absolute atomic E-state index is 11.5. The lowest BCUT2D eigenvalue weighted by molar-refractivity contribution is 0.0697. The Morgan fingerprint density at radius 1 is 1.62 bits per heavy atom. The molecule has 5 heteroatoms. The highest BCUT2D eigenvalue weighted by Crippen LogP contribution is 2.05. The summed E-state index contributed by atoms with van der Waals surface area (Å²) in [6.45, 7) is 3.63. The van der Waals surface area contributed by atoms with Gasteiger partial charge in [-0.2, -0.15) is 0 Å². The Morgan fingerprint density at radius 3 is 2.62 bits per heavy atom. The minimum atomic E-state index is -1.18. The Bertz CT molecular complexity index is 343. The minimum absolute atomic E-state index is 0.0194. The summed E-state index contributed by atoms with van der Waals surface area (Å²) in [4.78, 5) is 10.5. The zero-order valence-corrected chi connectivity index (χ0v) is 8.25. The molecule has 1 atom stereocenters. The molecule has 72 valence electrons. The average molecular weight is 201 g/mol. The lowest BCUT2D eigenvalue weighted by Gasteiger charge is -2.04. The Hall–Kier alpha value is -1.10. The zero-order chi connectivity index (χ0) is 10.0. The van der Waals surface area contributed by atoms with Gasteiger partial charge in [-0.3, -0.25) is 3.97 Å². The van der Waals surface area contributed by atoms with Crippen LogP contribution in [0.4, 0.5) is 0 Å². The van der Waals surface area contributed by atoms with Gasteiger partial charge >= 0.3 is 5.97 Å². The highest BCUT2D eigenvalue weighted by Gasteiger charge is 2.10. The summed E-state index contributed by atoms with van der Waals surface area (Å²) in [5, 5.41) is 8.59. The molecule has 1 heterocycles. The van der Waals surface area contributed by atoms with Gasteiger partial charge in [0.1, 0.15) is 11.0 Å². The van der Waals surface area contributed by atoms with Crippen molar-refractivity contribution in [3.63, 3.8) is 0 Å². The predicted molar refractivity (Wildman–Crippen MR) is 50.1 cm³/mol. The van der Waals surface area contributed by atoms with E-state index in [-0.39, 0.29) is 10.8 Å². The maximum atomic E-state index is 11.5. The fourth-order valence-electron chi connectivity index (χ4n) is 0.859. The van der Waals surface area contributed by atoms with E-state index >= 15 is 0 Å². The molecule has 4 nitrogen and oxygen atoms in total. The fourth-order valence-corrected chi connectivity index (χ4v) is 1.74. The third-order valence-corrected chi connectivity index (χ3v) is 2.97. The predicted octanol–water partition coefficient (Wildman–Crippen LogP) is 1.11. The van der Waals surface area contributed by atoms with Crippen LogP contribution in [-0.4, -0.2) is 24.5 Å². The number of carboxylic acids is 1. The van der Waals surface area contributed by atoms with Crippen molar-refractivity contribution >= 4 is 17.0 Å². The number of aromatic nitrogens is 1. The van der Waals surface area contributed by atoms with Crippen LogP contribution in [-0.2, 0) is 11.0 Å². The van der Waals surface area contributed by atoms with Crippen LogP contribution in [0.15, 0.2) is 18.5 Å². The molecule has 1 aromatic rings. The normalized spacial score (nSPS) is 13.2. The van der Waals surface area contributed by atoms with Gasteiger partial charge in [-0.25, -0.2) is 9.00 Å². The van der Waals surface area contributed by atoms with Gasteiger partial charge < -0.3 is 5.11 Å². The first kappa shape index (κ1) is 9.98. The first-order valence-electron chi connectivity index (χ1n) is 3.84. The number of carboxylic acid groups (broad SMARTS) is 1. The molecule has 1 rings (SSSR count). The van der Waals surface area contributed by atoms with Crippen molar-refractivity contribution in [1.82, 2.24) is 3.97 Å². The molecule has 0 radical (unpaired) electrons. The fraction of sp³-hybridized carbons (Fsp3) is 0.375. The molecule has 0 fully saturated rings. The third-order valence-electron chi connectivity index (χ3n) is 1.53. The van der Waals surface area contributed by atoms with Crippen molar-refractivity contribution < 1.29 is 14.1 Å². The van der Waals surface area contributed by atoms with E-state index in [1.807, 2.05) is 13.8 Å². The van der Waals surface area contributed by atoms with E-state index in [2.05, 4.69) is 0 Å². The molecule has 0 bridgehead atoms. The number of hydrogen-bond acceptors (Lipinski definition) is 2. The van der Waals surface area contributed by atoms with E-state index in [9.17, 15) is 9.00 Å². The van der Waals surface area contributed by atoms with Crippen molar-refractivity contribution in [3.05, 3.63) is 24.0 Å². The quantitative estimate of drug-likeness (QED) is 0.796. The summed E-state index contributed by atoms with van der Waals surface area (Å²) in [5.41, 5.74) is 0.161. The number of carbonyl (C=O) groups is 1. The molecule has 0 aliphatic rings. The van der Waals surface area contributed by atoms with Gasteiger partial charge in [0.2, 0.25) is 0 Å². The second-order valence-electron chi connectivity index (χ2n) is 2.89. The van der Waals surface area contributed by atoms with Crippen molar-refractivity contribution in [2.24, 2.45) is 0 Å². The molecule has 0 saturated heterocycles. The van der Waals surface area contributed by atoms with Crippen LogP contribution < -0.4 is 0 Å². The second-order valence-corrected chi connectivity index (χ2v) is 4.81. The van der Waals surface area contributed by atoms with E-state index in [0.29, 0.717) is 0 Å². The van der Waals surface area contributed by atoms with Gasteiger partial charge in [0, 0.05) is 17.6 Å². The van der Waals surface area contributed by atoms with E-state index in [1.54, 1.807) is 0 Å². The van der Waals surface area contributed by atoms with Gasteiger partial charge in [-0.05, 0) is 19.9 Å². The summed E-state index contributed by atoms with van der Waals surface area (Å²) in [5.74, 6) is -1.00. The summed E-state index contributed by atoms with van der Waals surface area (Å²) >= 11 is 0. The first-order chi connectivity index (χ1) is 6.02. The van der Waals surface area contributed by atoms with Crippen molar-refractivity contribution in [3.8, 4) is 0 Å². The number of aromatic carboxylic acids is 1. The number of rotatable bonds is 3. The third kappa shape index (κ3) is 2.18. The van der Waals surface area contributed by atoms with Crippen molar-refractivity contribution in [2.75, 3.05) is 0 Å². The van der Waals surface area contributed by atoms with Crippen LogP contribution >= 0.6 is 0 Å². The Labute approximate surface area is 78.8 Å². The molecule has 0 aliphatic heterocycles. The molecule has 0 saturated carbocycles. The van der Waals surface area contributed by atoms with Crippen LogP contribution in [0.25, 0.3) is 0 Å². The number of nitrogens with zero attached hydrogens (tertiary/aromatic N) is 1. The molecule has 1 N–H and O–H groups in total. The number of hydrogen-bond donors (Lipinski definition) is 1. The van der Waals surface area contributed by atoms with Gasteiger partial charge in [0.25, 0.3) is 0 Å². The molecule has 1 unspecified atom stereocenters. The van der Waals surface area contributed by atoms with Gasteiger partial charge in [-0.1, -0.05) is 0 Å². The summed E-state index contributed by atoms with van der Waals surface area (Å²) in [7, 11) is -1.18. The molecule has 0 aromatic carbocycles.